The normalized spacial score (nSPS) is 12.1. The van der Waals surface area contributed by atoms with Gasteiger partial charge in [0, 0.05) is 29.4 Å². The van der Waals surface area contributed by atoms with Crippen molar-refractivity contribution < 1.29 is 31.5 Å². The van der Waals surface area contributed by atoms with Gasteiger partial charge in [0.15, 0.2) is 0 Å². The number of rotatable bonds is 8. The number of sulfonamides is 1. The van der Waals surface area contributed by atoms with Crippen molar-refractivity contribution in [2.45, 2.75) is 38.3 Å². The molecule has 0 aliphatic rings. The number of amides is 1. The third-order valence-corrected chi connectivity index (χ3v) is 7.01. The van der Waals surface area contributed by atoms with Gasteiger partial charge in [-0.2, -0.15) is 25.9 Å². The minimum absolute atomic E-state index is 0.184. The van der Waals surface area contributed by atoms with Crippen LogP contribution >= 0.6 is 11.8 Å². The van der Waals surface area contributed by atoms with Gasteiger partial charge in [0.1, 0.15) is 5.82 Å². The number of carbonyl (C=O) groups excluding carboxylic acids is 1. The van der Waals surface area contributed by atoms with Crippen molar-refractivity contribution in [3.63, 3.8) is 0 Å². The molecule has 0 spiro atoms. The van der Waals surface area contributed by atoms with Crippen LogP contribution in [-0.2, 0) is 23.1 Å². The van der Waals surface area contributed by atoms with Gasteiger partial charge in [-0.05, 0) is 30.7 Å². The van der Waals surface area contributed by atoms with Gasteiger partial charge in [0.05, 0.1) is 29.2 Å². The summed E-state index contributed by atoms with van der Waals surface area (Å²) in [6.45, 7) is 1.53. The van der Waals surface area contributed by atoms with E-state index in [2.05, 4.69) is 4.98 Å². The first-order valence-corrected chi connectivity index (χ1v) is 12.2. The Labute approximate surface area is 204 Å². The minimum Gasteiger partial charge on any atom is -0.398 e. The molecule has 0 radical (unpaired) electrons. The van der Waals surface area contributed by atoms with Gasteiger partial charge in [-0.1, -0.05) is 37.6 Å². The predicted octanol–water partition coefficient (Wildman–Crippen LogP) is 4.47. The Hall–Kier alpha value is -3.09. The topological polar surface area (TPSA) is 119 Å². The molecule has 0 unspecified atom stereocenters. The molecule has 0 bridgehead atoms. The van der Waals surface area contributed by atoms with E-state index >= 15 is 0 Å². The lowest BCUT2D eigenvalue weighted by Gasteiger charge is -2.24. The maximum absolute atomic E-state index is 13.5. The Morgan fingerprint density at radius 1 is 1.17 bits per heavy atom. The highest BCUT2D eigenvalue weighted by molar-refractivity contribution is 7.94. The lowest BCUT2D eigenvalue weighted by atomic mass is 10.1. The first-order chi connectivity index (χ1) is 16.4. The third-order valence-electron chi connectivity index (χ3n) is 5.17. The minimum atomic E-state index is -6.11. The summed E-state index contributed by atoms with van der Waals surface area (Å²) >= 11 is 6.26. The first kappa shape index (κ1) is 26.5. The van der Waals surface area contributed by atoms with Crippen LogP contribution in [0.1, 0.15) is 41.6 Å². The number of hydrogen-bond donors (Lipinski definition) is 2. The smallest absolute Gasteiger partial charge is 0.398 e. The summed E-state index contributed by atoms with van der Waals surface area (Å²) < 4.78 is 66.0. The maximum Gasteiger partial charge on any atom is 0.517 e. The van der Waals surface area contributed by atoms with E-state index in [-0.39, 0.29) is 21.4 Å². The Morgan fingerprint density at radius 3 is 2.34 bits per heavy atom. The number of nitrogens with zero attached hydrogens (tertiary/aromatic N) is 3. The molecule has 2 aromatic carbocycles. The van der Waals surface area contributed by atoms with Gasteiger partial charge in [-0.15, -0.1) is 0 Å². The van der Waals surface area contributed by atoms with Crippen molar-refractivity contribution in [3.05, 3.63) is 65.6 Å². The summed E-state index contributed by atoms with van der Waals surface area (Å²) in [6, 6.07) is 9.85. The van der Waals surface area contributed by atoms with Crippen molar-refractivity contribution in [3.8, 4) is 11.3 Å². The molecule has 3 aromatic rings. The summed E-state index contributed by atoms with van der Waals surface area (Å²) in [5, 5.41) is 9.75. The van der Waals surface area contributed by atoms with Gasteiger partial charge in [0.2, 0.25) is 0 Å². The molecule has 188 valence electrons. The number of imidazole rings is 1. The zero-order chi connectivity index (χ0) is 26.0. The first-order valence-electron chi connectivity index (χ1n) is 10.4. The van der Waals surface area contributed by atoms with Crippen molar-refractivity contribution in [1.29, 1.82) is 0 Å². The number of nitrogen functional groups attached to an aromatic ring is 1. The van der Waals surface area contributed by atoms with Crippen LogP contribution < -0.4 is 10.0 Å². The predicted molar refractivity (Wildman–Crippen MR) is 126 cm³/mol. The molecular formula is C22H22ClF3N4O4S. The van der Waals surface area contributed by atoms with Crippen molar-refractivity contribution >= 4 is 39.1 Å². The van der Waals surface area contributed by atoms with E-state index in [1.54, 1.807) is 0 Å². The Morgan fingerprint density at radius 2 is 1.80 bits per heavy atom. The summed E-state index contributed by atoms with van der Waals surface area (Å²) in [4.78, 5) is 17.4. The fourth-order valence-corrected chi connectivity index (χ4v) is 4.55. The lowest BCUT2D eigenvalue weighted by Crippen LogP contribution is -2.44. The maximum atomic E-state index is 13.5. The molecule has 1 aromatic heterocycles. The molecule has 0 saturated heterocycles. The number of nitrogens with two attached hydrogens (primary N) is 1. The molecule has 3 N–H and O–H groups in total. The molecule has 0 aliphatic carbocycles. The number of para-hydroxylation sites is 1. The number of aromatic nitrogens is 2. The van der Waals surface area contributed by atoms with Crippen LogP contribution in [0.5, 0.6) is 0 Å². The standard InChI is InChI=1S/C22H22ClF3N4O4S/c1-2-3-8-19-28-20(18(13-31)29(19)23)14-9-11-15(12-10-14)30(35(33,34)22(24,25)26)21(32)16-6-4-5-7-17(16)27/h4-7,9-12,31H,2-3,8,13,27H2,1H3. The number of aliphatic hydroxyl groups is 1. The second-order valence-electron chi connectivity index (χ2n) is 7.52. The van der Waals surface area contributed by atoms with Crippen LogP contribution in [-0.4, -0.2) is 34.0 Å². The molecular weight excluding hydrogens is 509 g/mol. The van der Waals surface area contributed by atoms with E-state index in [4.69, 9.17) is 17.5 Å². The number of unbranched alkanes of at least 4 members (excludes halogenated alkanes) is 1. The van der Waals surface area contributed by atoms with Gasteiger partial charge >= 0.3 is 15.5 Å². The summed E-state index contributed by atoms with van der Waals surface area (Å²) in [6.07, 6.45) is 2.21. The van der Waals surface area contributed by atoms with Crippen LogP contribution in [0, 0.1) is 0 Å². The highest BCUT2D eigenvalue weighted by atomic mass is 35.5. The molecule has 1 heterocycles. The molecule has 13 heteroatoms. The number of aryl methyl sites for hydroxylation is 1. The van der Waals surface area contributed by atoms with Crippen LogP contribution in [0.3, 0.4) is 0 Å². The lowest BCUT2D eigenvalue weighted by molar-refractivity contribution is -0.0437. The van der Waals surface area contributed by atoms with Crippen LogP contribution in [0.2, 0.25) is 0 Å². The summed E-state index contributed by atoms with van der Waals surface area (Å²) in [7, 11) is -6.11. The fraction of sp³-hybridized carbons (Fsp3) is 0.273. The zero-order valence-corrected chi connectivity index (χ0v) is 20.0. The SMILES string of the molecule is CCCCc1nc(-c2ccc(N(C(=O)c3ccccc3N)S(=O)(=O)C(F)(F)F)cc2)c(CO)n1Cl. The largest absolute Gasteiger partial charge is 0.517 e. The molecule has 8 nitrogen and oxygen atoms in total. The number of aliphatic hydroxyl groups excluding tert-OH is 1. The van der Waals surface area contributed by atoms with Crippen molar-refractivity contribution in [1.82, 2.24) is 9.07 Å². The Kier molecular flexibility index (Phi) is 7.77. The third kappa shape index (κ3) is 5.14. The highest BCUT2D eigenvalue weighted by Crippen LogP contribution is 2.35. The fourth-order valence-electron chi connectivity index (χ4n) is 3.37. The van der Waals surface area contributed by atoms with E-state index in [0.717, 1.165) is 31.0 Å². The van der Waals surface area contributed by atoms with Crippen LogP contribution in [0.25, 0.3) is 11.3 Å². The second-order valence-corrected chi connectivity index (χ2v) is 9.64. The van der Waals surface area contributed by atoms with Crippen LogP contribution in [0.4, 0.5) is 24.5 Å². The molecule has 1 amide bonds. The van der Waals surface area contributed by atoms with Crippen LogP contribution in [0.15, 0.2) is 48.5 Å². The van der Waals surface area contributed by atoms with E-state index in [1.807, 2.05) is 6.92 Å². The number of carbonyl (C=O) groups is 1. The second kappa shape index (κ2) is 10.3. The monoisotopic (exact) mass is 530 g/mol. The molecule has 0 aliphatic heterocycles. The van der Waals surface area contributed by atoms with Gasteiger partial charge in [-0.3, -0.25) is 4.79 Å². The highest BCUT2D eigenvalue weighted by Gasteiger charge is 2.52. The molecule has 0 atom stereocenters. The van der Waals surface area contributed by atoms with E-state index in [0.29, 0.717) is 17.8 Å². The molecule has 0 saturated carbocycles. The number of alkyl halides is 3. The Balaban J connectivity index is 2.10. The van der Waals surface area contributed by atoms with Gasteiger partial charge in [0.25, 0.3) is 5.91 Å². The average molecular weight is 531 g/mol. The average Bonchev–Trinajstić information content (AvgIpc) is 3.12. The van der Waals surface area contributed by atoms with E-state index in [9.17, 15) is 31.5 Å². The number of benzene rings is 2. The number of halogens is 4. The van der Waals surface area contributed by atoms with Gasteiger partial charge in [-0.25, -0.2) is 9.07 Å². The summed E-state index contributed by atoms with van der Waals surface area (Å²) in [5.41, 5.74) is -0.297. The van der Waals surface area contributed by atoms with Crippen molar-refractivity contribution in [2.75, 3.05) is 10.0 Å². The van der Waals surface area contributed by atoms with E-state index in [1.165, 1.54) is 34.4 Å². The van der Waals surface area contributed by atoms with Crippen molar-refractivity contribution in [2.24, 2.45) is 0 Å². The Bertz CT molecular complexity index is 1330. The quantitative estimate of drug-likeness (QED) is 0.415. The van der Waals surface area contributed by atoms with E-state index < -0.39 is 39.3 Å². The van der Waals surface area contributed by atoms with Gasteiger partial charge < -0.3 is 10.8 Å². The molecule has 0 fully saturated rings. The summed E-state index contributed by atoms with van der Waals surface area (Å²) in [5.74, 6) is -0.969. The number of anilines is 2. The molecule has 35 heavy (non-hydrogen) atoms. The number of hydrogen-bond acceptors (Lipinski definition) is 6. The molecule has 3 rings (SSSR count). The zero-order valence-electron chi connectivity index (χ0n) is 18.5.